The van der Waals surface area contributed by atoms with Gasteiger partial charge in [0.2, 0.25) is 0 Å². The monoisotopic (exact) mass is 411 g/mol. The molecule has 0 aliphatic heterocycles. The van der Waals surface area contributed by atoms with Crippen LogP contribution in [0.5, 0.6) is 5.75 Å². The van der Waals surface area contributed by atoms with Gasteiger partial charge in [0.1, 0.15) is 12.4 Å². The molecule has 0 spiro atoms. The predicted molar refractivity (Wildman–Crippen MR) is 111 cm³/mol. The van der Waals surface area contributed by atoms with Crippen LogP contribution in [0.3, 0.4) is 0 Å². The lowest BCUT2D eigenvalue weighted by Gasteiger charge is -2.25. The van der Waals surface area contributed by atoms with Crippen molar-refractivity contribution in [2.75, 3.05) is 7.05 Å². The van der Waals surface area contributed by atoms with E-state index in [2.05, 4.69) is 4.98 Å². The summed E-state index contributed by atoms with van der Waals surface area (Å²) in [7, 11) is 1.68. The van der Waals surface area contributed by atoms with Crippen molar-refractivity contribution in [3.63, 3.8) is 0 Å². The number of nitro groups is 1. The van der Waals surface area contributed by atoms with Crippen molar-refractivity contribution in [3.8, 4) is 5.75 Å². The Morgan fingerprint density at radius 3 is 2.62 bits per heavy atom. The summed E-state index contributed by atoms with van der Waals surface area (Å²) >= 11 is 1.57. The van der Waals surface area contributed by atoms with E-state index >= 15 is 0 Å². The molecular weight excluding hydrogens is 390 g/mol. The highest BCUT2D eigenvalue weighted by Crippen LogP contribution is 2.25. The van der Waals surface area contributed by atoms with Crippen LogP contribution in [0.4, 0.5) is 5.69 Å². The highest BCUT2D eigenvalue weighted by molar-refractivity contribution is 7.09. The summed E-state index contributed by atoms with van der Waals surface area (Å²) in [5, 5.41) is 13.9. The second kappa shape index (κ2) is 8.83. The van der Waals surface area contributed by atoms with E-state index in [0.29, 0.717) is 23.5 Å². The summed E-state index contributed by atoms with van der Waals surface area (Å²) in [4.78, 5) is 29.3. The number of thiazole rings is 1. The number of hydrogen-bond acceptors (Lipinski definition) is 6. The molecule has 0 radical (unpaired) electrons. The fraction of sp³-hybridized carbons (Fsp3) is 0.238. The van der Waals surface area contributed by atoms with Crippen molar-refractivity contribution in [3.05, 3.63) is 85.9 Å². The molecule has 0 fully saturated rings. The van der Waals surface area contributed by atoms with E-state index in [1.54, 1.807) is 59.7 Å². The molecule has 8 heteroatoms. The summed E-state index contributed by atoms with van der Waals surface area (Å²) < 4.78 is 5.71. The van der Waals surface area contributed by atoms with Gasteiger partial charge in [-0.2, -0.15) is 0 Å². The van der Waals surface area contributed by atoms with E-state index in [0.717, 1.165) is 10.7 Å². The third-order valence-electron chi connectivity index (χ3n) is 4.62. The normalized spacial score (nSPS) is 11.7. The van der Waals surface area contributed by atoms with Gasteiger partial charge in [-0.25, -0.2) is 4.98 Å². The van der Waals surface area contributed by atoms with Crippen LogP contribution >= 0.6 is 11.3 Å². The molecule has 1 amide bonds. The van der Waals surface area contributed by atoms with Crippen LogP contribution in [0.1, 0.15) is 39.6 Å². The number of benzene rings is 2. The largest absolute Gasteiger partial charge is 0.487 e. The molecule has 0 aliphatic rings. The molecule has 150 valence electrons. The van der Waals surface area contributed by atoms with Gasteiger partial charge in [0.25, 0.3) is 11.6 Å². The maximum absolute atomic E-state index is 12.8. The van der Waals surface area contributed by atoms with Crippen molar-refractivity contribution >= 4 is 22.9 Å². The van der Waals surface area contributed by atoms with E-state index < -0.39 is 4.92 Å². The van der Waals surface area contributed by atoms with E-state index in [-0.39, 0.29) is 17.6 Å². The van der Waals surface area contributed by atoms with Crippen molar-refractivity contribution in [1.29, 1.82) is 0 Å². The molecular formula is C21H21N3O4S. The zero-order valence-electron chi connectivity index (χ0n) is 16.4. The first kappa shape index (κ1) is 20.5. The van der Waals surface area contributed by atoms with Gasteiger partial charge in [-0.05, 0) is 43.7 Å². The minimum absolute atomic E-state index is 0.00649. The number of rotatable bonds is 7. The zero-order chi connectivity index (χ0) is 21.0. The number of amides is 1. The maximum Gasteiger partial charge on any atom is 0.269 e. The smallest absolute Gasteiger partial charge is 0.269 e. The third-order valence-corrected chi connectivity index (χ3v) is 5.44. The number of carbonyl (C=O) groups is 1. The average molecular weight is 411 g/mol. The molecule has 1 heterocycles. The number of ether oxygens (including phenoxy) is 1. The average Bonchev–Trinajstić information content (AvgIpc) is 3.16. The number of carbonyl (C=O) groups excluding carboxylic acids is 1. The highest BCUT2D eigenvalue weighted by Gasteiger charge is 2.20. The molecule has 3 aromatic rings. The van der Waals surface area contributed by atoms with Gasteiger partial charge in [-0.15, -0.1) is 11.3 Å². The van der Waals surface area contributed by atoms with Crippen molar-refractivity contribution in [1.82, 2.24) is 9.88 Å². The number of non-ortho nitro benzene ring substituents is 1. The van der Waals surface area contributed by atoms with Gasteiger partial charge in [-0.3, -0.25) is 14.9 Å². The fourth-order valence-corrected chi connectivity index (χ4v) is 3.42. The molecule has 7 nitrogen and oxygen atoms in total. The minimum Gasteiger partial charge on any atom is -0.487 e. The molecule has 3 rings (SSSR count). The Morgan fingerprint density at radius 1 is 1.28 bits per heavy atom. The SMILES string of the molecule is Cc1nc(COc2ccc(C(=O)N(C)[C@@H](C)c3cccc([N+](=O)[O-])c3)cc2)cs1. The first-order valence-electron chi connectivity index (χ1n) is 9.00. The van der Waals surface area contributed by atoms with Crippen LogP contribution in [-0.4, -0.2) is 27.8 Å². The van der Waals surface area contributed by atoms with E-state index in [1.165, 1.54) is 12.1 Å². The van der Waals surface area contributed by atoms with Crippen LogP contribution in [0.25, 0.3) is 0 Å². The topological polar surface area (TPSA) is 85.6 Å². The molecule has 0 bridgehead atoms. The van der Waals surface area contributed by atoms with Gasteiger partial charge in [0, 0.05) is 30.1 Å². The molecule has 0 aliphatic carbocycles. The highest BCUT2D eigenvalue weighted by atomic mass is 32.1. The summed E-state index contributed by atoms with van der Waals surface area (Å²) in [6.07, 6.45) is 0. The minimum atomic E-state index is -0.441. The second-order valence-corrected chi connectivity index (χ2v) is 7.68. The van der Waals surface area contributed by atoms with Crippen molar-refractivity contribution in [2.45, 2.75) is 26.5 Å². The standard InChI is InChI=1S/C21H21N3O4S/c1-14(17-5-4-6-19(11-17)24(26)27)23(3)21(25)16-7-9-20(10-8-16)28-12-18-13-29-15(2)22-18/h4-11,13-14H,12H2,1-3H3/t14-/m0/s1. The van der Waals surface area contributed by atoms with Crippen LogP contribution in [0.2, 0.25) is 0 Å². The second-order valence-electron chi connectivity index (χ2n) is 6.62. The predicted octanol–water partition coefficient (Wildman–Crippen LogP) is 4.77. The number of aryl methyl sites for hydroxylation is 1. The molecule has 0 N–H and O–H groups in total. The number of nitrogens with zero attached hydrogens (tertiary/aromatic N) is 3. The van der Waals surface area contributed by atoms with Gasteiger partial charge in [0.15, 0.2) is 0 Å². The number of hydrogen-bond donors (Lipinski definition) is 0. The Morgan fingerprint density at radius 2 is 2.00 bits per heavy atom. The van der Waals surface area contributed by atoms with Gasteiger partial charge < -0.3 is 9.64 Å². The zero-order valence-corrected chi connectivity index (χ0v) is 17.2. The summed E-state index contributed by atoms with van der Waals surface area (Å²) in [6, 6.07) is 12.9. The lowest BCUT2D eigenvalue weighted by Crippen LogP contribution is -2.29. The van der Waals surface area contributed by atoms with Crippen LogP contribution in [-0.2, 0) is 6.61 Å². The quantitative estimate of drug-likeness (QED) is 0.413. The van der Waals surface area contributed by atoms with Crippen molar-refractivity contribution in [2.24, 2.45) is 0 Å². The lowest BCUT2D eigenvalue weighted by atomic mass is 10.1. The van der Waals surface area contributed by atoms with Gasteiger partial charge in [0.05, 0.1) is 21.7 Å². The molecule has 1 aromatic heterocycles. The van der Waals surface area contributed by atoms with Gasteiger partial charge in [-0.1, -0.05) is 12.1 Å². The summed E-state index contributed by atoms with van der Waals surface area (Å²) in [5.41, 5.74) is 2.10. The summed E-state index contributed by atoms with van der Waals surface area (Å²) in [6.45, 7) is 4.16. The van der Waals surface area contributed by atoms with E-state index in [4.69, 9.17) is 4.74 Å². The molecule has 2 aromatic carbocycles. The Hall–Kier alpha value is -3.26. The Labute approximate surface area is 172 Å². The molecule has 29 heavy (non-hydrogen) atoms. The summed E-state index contributed by atoms with van der Waals surface area (Å²) in [5.74, 6) is 0.479. The molecule has 0 unspecified atom stereocenters. The van der Waals surface area contributed by atoms with Crippen LogP contribution in [0.15, 0.2) is 53.9 Å². The van der Waals surface area contributed by atoms with E-state index in [9.17, 15) is 14.9 Å². The van der Waals surface area contributed by atoms with Crippen LogP contribution < -0.4 is 4.74 Å². The Kier molecular flexibility index (Phi) is 6.23. The fourth-order valence-electron chi connectivity index (χ4n) is 2.83. The van der Waals surface area contributed by atoms with E-state index in [1.807, 2.05) is 19.2 Å². The molecule has 0 saturated heterocycles. The van der Waals surface area contributed by atoms with Crippen LogP contribution in [0, 0.1) is 17.0 Å². The first-order valence-corrected chi connectivity index (χ1v) is 9.88. The molecule has 1 atom stereocenters. The number of aromatic nitrogens is 1. The maximum atomic E-state index is 12.8. The lowest BCUT2D eigenvalue weighted by molar-refractivity contribution is -0.384. The number of nitro benzene ring substituents is 1. The Bertz CT molecular complexity index is 1020. The van der Waals surface area contributed by atoms with Gasteiger partial charge >= 0.3 is 0 Å². The van der Waals surface area contributed by atoms with Crippen molar-refractivity contribution < 1.29 is 14.5 Å². The Balaban J connectivity index is 1.65. The third kappa shape index (κ3) is 4.97. The first-order chi connectivity index (χ1) is 13.8. The molecule has 0 saturated carbocycles.